The smallest absolute Gasteiger partial charge is 0.331 e. The summed E-state index contributed by atoms with van der Waals surface area (Å²) in [6.45, 7) is 0.378. The molecule has 4 aromatic rings. The van der Waals surface area contributed by atoms with E-state index in [1.165, 1.54) is 15.9 Å². The largest absolute Gasteiger partial charge is 0.454 e. The average Bonchev–Trinajstić information content (AvgIpc) is 3.57. The van der Waals surface area contributed by atoms with Gasteiger partial charge < -0.3 is 14.8 Å². The molecule has 1 aliphatic rings. The lowest BCUT2D eigenvalue weighted by atomic mass is 10.1. The minimum Gasteiger partial charge on any atom is -0.454 e. The van der Waals surface area contributed by atoms with Gasteiger partial charge in [0.25, 0.3) is 5.56 Å². The second-order valence-electron chi connectivity index (χ2n) is 8.46. The van der Waals surface area contributed by atoms with Crippen molar-refractivity contribution in [3.8, 4) is 11.5 Å². The van der Waals surface area contributed by atoms with E-state index in [-0.39, 0.29) is 38.0 Å². The molecule has 0 spiro atoms. The number of halogens is 1. The van der Waals surface area contributed by atoms with Crippen molar-refractivity contribution in [2.45, 2.75) is 32.5 Å². The van der Waals surface area contributed by atoms with E-state index in [0.29, 0.717) is 40.2 Å². The molecule has 0 radical (unpaired) electrons. The van der Waals surface area contributed by atoms with Crippen molar-refractivity contribution in [1.29, 1.82) is 0 Å². The number of aromatic nitrogens is 2. The van der Waals surface area contributed by atoms with E-state index in [1.807, 2.05) is 12.1 Å². The number of thiophene rings is 1. The van der Waals surface area contributed by atoms with Crippen LogP contribution < -0.4 is 26.0 Å². The summed E-state index contributed by atoms with van der Waals surface area (Å²) in [4.78, 5) is 51.5. The fourth-order valence-electron chi connectivity index (χ4n) is 4.09. The first-order valence-corrected chi connectivity index (χ1v) is 13.2. The molecule has 0 aliphatic carbocycles. The lowest BCUT2D eigenvalue weighted by molar-refractivity contribution is -0.121. The summed E-state index contributed by atoms with van der Waals surface area (Å²) >= 11 is 4.56. The van der Waals surface area contributed by atoms with Gasteiger partial charge in [-0.05, 0) is 47.7 Å². The monoisotopic (exact) mass is 583 g/mol. The average molecular weight is 584 g/mol. The molecule has 5 rings (SSSR count). The summed E-state index contributed by atoms with van der Waals surface area (Å²) in [5, 5.41) is 4.56. The van der Waals surface area contributed by atoms with Crippen molar-refractivity contribution in [3.05, 3.63) is 90.3 Å². The van der Waals surface area contributed by atoms with Gasteiger partial charge in [-0.1, -0.05) is 34.1 Å². The number of hydrogen-bond acceptors (Lipinski definition) is 7. The summed E-state index contributed by atoms with van der Waals surface area (Å²) in [6.07, 6.45) is 0.427. The maximum Gasteiger partial charge on any atom is 0.331 e. The molecule has 1 amide bonds. The Labute approximate surface area is 223 Å². The third kappa shape index (κ3) is 5.37. The standard InChI is InChI=1S/C26H22BrN3O6S/c27-18-6-4-17(5-7-18)20(31)14-30-19-9-11-37-24(19)25(33)29(26(30)34)10-1-2-23(32)28-13-16-3-8-21-22(12-16)36-15-35-21/h3-9,11-12H,1-2,10,13-15H2,(H,28,32). The maximum atomic E-state index is 13.3. The highest BCUT2D eigenvalue weighted by Crippen LogP contribution is 2.32. The Balaban J connectivity index is 1.26. The summed E-state index contributed by atoms with van der Waals surface area (Å²) in [5.74, 6) is 0.876. The lowest BCUT2D eigenvalue weighted by Gasteiger charge is -2.12. The Morgan fingerprint density at radius 2 is 1.78 bits per heavy atom. The predicted octanol–water partition coefficient (Wildman–Crippen LogP) is 3.70. The molecule has 11 heteroatoms. The van der Waals surface area contributed by atoms with Gasteiger partial charge >= 0.3 is 5.69 Å². The first-order valence-electron chi connectivity index (χ1n) is 11.6. The van der Waals surface area contributed by atoms with E-state index in [2.05, 4.69) is 21.2 Å². The summed E-state index contributed by atoms with van der Waals surface area (Å²) in [5.41, 5.74) is 0.791. The molecule has 2 aromatic carbocycles. The predicted molar refractivity (Wildman–Crippen MR) is 142 cm³/mol. The molecule has 0 saturated heterocycles. The Morgan fingerprint density at radius 1 is 1.00 bits per heavy atom. The fraction of sp³-hybridized carbons (Fsp3) is 0.231. The molecule has 1 N–H and O–H groups in total. The Morgan fingerprint density at radius 3 is 2.59 bits per heavy atom. The van der Waals surface area contributed by atoms with Gasteiger partial charge in [-0.2, -0.15) is 0 Å². The summed E-state index contributed by atoms with van der Waals surface area (Å²) in [7, 11) is 0. The van der Waals surface area contributed by atoms with Crippen molar-refractivity contribution in [2.75, 3.05) is 6.79 Å². The van der Waals surface area contributed by atoms with E-state index >= 15 is 0 Å². The zero-order valence-electron chi connectivity index (χ0n) is 19.6. The highest BCUT2D eigenvalue weighted by molar-refractivity contribution is 9.10. The minimum absolute atomic E-state index is 0.0649. The molecule has 0 bridgehead atoms. The molecule has 37 heavy (non-hydrogen) atoms. The number of nitrogens with zero attached hydrogens (tertiary/aromatic N) is 2. The molecule has 1 aliphatic heterocycles. The van der Waals surface area contributed by atoms with Crippen molar-refractivity contribution >= 4 is 49.2 Å². The number of carbonyl (C=O) groups is 2. The van der Waals surface area contributed by atoms with Crippen LogP contribution in [-0.4, -0.2) is 27.6 Å². The van der Waals surface area contributed by atoms with Gasteiger partial charge in [0.15, 0.2) is 17.3 Å². The van der Waals surface area contributed by atoms with Gasteiger partial charge in [0.2, 0.25) is 12.7 Å². The molecule has 0 fully saturated rings. The molecule has 190 valence electrons. The molecular weight excluding hydrogens is 562 g/mol. The van der Waals surface area contributed by atoms with Crippen LogP contribution in [0.5, 0.6) is 11.5 Å². The number of fused-ring (bicyclic) bond motifs is 2. The van der Waals surface area contributed by atoms with Crippen molar-refractivity contribution in [3.63, 3.8) is 0 Å². The van der Waals surface area contributed by atoms with Crippen molar-refractivity contribution in [1.82, 2.24) is 14.5 Å². The van der Waals surface area contributed by atoms with Gasteiger partial charge in [0.05, 0.1) is 12.1 Å². The first kappa shape index (κ1) is 25.0. The van der Waals surface area contributed by atoms with Crippen molar-refractivity contribution in [2.24, 2.45) is 0 Å². The van der Waals surface area contributed by atoms with Crippen LogP contribution in [0.15, 0.2) is 68.0 Å². The number of hydrogen-bond donors (Lipinski definition) is 1. The van der Waals surface area contributed by atoms with Crippen LogP contribution in [-0.2, 0) is 24.4 Å². The number of ketones is 1. The zero-order valence-corrected chi connectivity index (χ0v) is 22.0. The fourth-order valence-corrected chi connectivity index (χ4v) is 5.20. The molecule has 0 atom stereocenters. The number of nitrogens with one attached hydrogen (secondary N) is 1. The normalized spacial score (nSPS) is 12.1. The second-order valence-corrected chi connectivity index (χ2v) is 10.3. The maximum absolute atomic E-state index is 13.3. The third-order valence-corrected chi connectivity index (χ3v) is 7.44. The highest BCUT2D eigenvalue weighted by atomic mass is 79.9. The molecule has 0 saturated carbocycles. The molecular formula is C26H22BrN3O6S. The van der Waals surface area contributed by atoms with Gasteiger partial charge in [-0.25, -0.2) is 4.79 Å². The summed E-state index contributed by atoms with van der Waals surface area (Å²) in [6, 6.07) is 14.0. The van der Waals surface area contributed by atoms with Crippen LogP contribution in [0.1, 0.15) is 28.8 Å². The zero-order chi connectivity index (χ0) is 25.9. The SMILES string of the molecule is O=C(CCCn1c(=O)c2sccc2n(CC(=O)c2ccc(Br)cc2)c1=O)NCc1ccc2c(c1)OCO2. The van der Waals surface area contributed by atoms with E-state index in [0.717, 1.165) is 14.6 Å². The van der Waals surface area contributed by atoms with E-state index in [1.54, 1.807) is 41.8 Å². The van der Waals surface area contributed by atoms with Crippen LogP contribution in [0.2, 0.25) is 0 Å². The van der Waals surface area contributed by atoms with Crippen LogP contribution in [0.4, 0.5) is 0 Å². The minimum atomic E-state index is -0.567. The topological polar surface area (TPSA) is 109 Å². The Bertz CT molecular complexity index is 1610. The van der Waals surface area contributed by atoms with Crippen molar-refractivity contribution < 1.29 is 19.1 Å². The number of rotatable bonds is 9. The lowest BCUT2D eigenvalue weighted by Crippen LogP contribution is -2.41. The number of amides is 1. The first-order chi connectivity index (χ1) is 17.9. The number of ether oxygens (including phenoxy) is 2. The van der Waals surface area contributed by atoms with E-state index < -0.39 is 11.2 Å². The van der Waals surface area contributed by atoms with Gasteiger partial charge in [-0.3, -0.25) is 23.5 Å². The number of carbonyl (C=O) groups excluding carboxylic acids is 2. The number of benzene rings is 2. The van der Waals surface area contributed by atoms with E-state index in [9.17, 15) is 19.2 Å². The van der Waals surface area contributed by atoms with Crippen LogP contribution in [0.25, 0.3) is 10.2 Å². The van der Waals surface area contributed by atoms with Crippen LogP contribution in [0.3, 0.4) is 0 Å². The Hall–Kier alpha value is -3.70. The number of Topliss-reactive ketones (excluding diaryl/α,β-unsaturated/α-hetero) is 1. The van der Waals surface area contributed by atoms with Crippen LogP contribution >= 0.6 is 27.3 Å². The molecule has 9 nitrogen and oxygen atoms in total. The summed E-state index contributed by atoms with van der Waals surface area (Å²) < 4.78 is 14.3. The third-order valence-electron chi connectivity index (χ3n) is 6.02. The quantitative estimate of drug-likeness (QED) is 0.301. The highest BCUT2D eigenvalue weighted by Gasteiger charge is 2.18. The molecule has 0 unspecified atom stereocenters. The van der Waals surface area contributed by atoms with Gasteiger partial charge in [0, 0.05) is 29.5 Å². The molecule has 2 aromatic heterocycles. The molecule has 3 heterocycles. The van der Waals surface area contributed by atoms with Gasteiger partial charge in [-0.15, -0.1) is 11.3 Å². The van der Waals surface area contributed by atoms with E-state index in [4.69, 9.17) is 9.47 Å². The Kier molecular flexibility index (Phi) is 7.24. The van der Waals surface area contributed by atoms with Gasteiger partial charge in [0.1, 0.15) is 4.70 Å². The van der Waals surface area contributed by atoms with Crippen LogP contribution in [0, 0.1) is 0 Å². The second kappa shape index (κ2) is 10.7.